The highest BCUT2D eigenvalue weighted by molar-refractivity contribution is 5.81. The first-order valence-corrected chi connectivity index (χ1v) is 10.1. The largest absolute Gasteiger partial charge is 0.355 e. The summed E-state index contributed by atoms with van der Waals surface area (Å²) >= 11 is 0. The number of nitrogens with zero attached hydrogens (tertiary/aromatic N) is 3. The molecule has 1 unspecified atom stereocenters. The van der Waals surface area contributed by atoms with Gasteiger partial charge in [0.05, 0.1) is 0 Å². The topological polar surface area (TPSA) is 60.0 Å². The van der Waals surface area contributed by atoms with Gasteiger partial charge in [0, 0.05) is 45.2 Å². The molecule has 2 rings (SSSR count). The summed E-state index contributed by atoms with van der Waals surface area (Å²) in [4.78, 5) is 21.3. The second-order valence-corrected chi connectivity index (χ2v) is 7.55. The number of carbonyl (C=O) groups is 1. The Morgan fingerprint density at radius 1 is 1.24 bits per heavy atom. The number of nitrogens with one attached hydrogen (secondary N) is 2. The lowest BCUT2D eigenvalue weighted by Crippen LogP contribution is -2.47. The van der Waals surface area contributed by atoms with E-state index in [1.54, 1.807) is 0 Å². The molecule has 144 valence electrons. The summed E-state index contributed by atoms with van der Waals surface area (Å²) < 4.78 is 0. The molecular formula is C19H37N5O. The number of hydrogen-bond acceptors (Lipinski definition) is 3. The van der Waals surface area contributed by atoms with Crippen LogP contribution in [-0.2, 0) is 4.79 Å². The van der Waals surface area contributed by atoms with Crippen molar-refractivity contribution in [3.05, 3.63) is 0 Å². The fourth-order valence-electron chi connectivity index (χ4n) is 3.80. The summed E-state index contributed by atoms with van der Waals surface area (Å²) in [5.41, 5.74) is 0. The van der Waals surface area contributed by atoms with Gasteiger partial charge in [-0.25, -0.2) is 0 Å². The Morgan fingerprint density at radius 2 is 2.00 bits per heavy atom. The SMILES string of the molecule is CCCCN(C)CCNC(=NC)NC1CCN(C(=O)C2CCCC2)C1. The minimum absolute atomic E-state index is 0.287. The summed E-state index contributed by atoms with van der Waals surface area (Å²) in [5.74, 6) is 1.51. The second-order valence-electron chi connectivity index (χ2n) is 7.55. The highest BCUT2D eigenvalue weighted by Crippen LogP contribution is 2.27. The number of aliphatic imine (C=N–C) groups is 1. The number of amides is 1. The molecule has 0 aromatic rings. The number of guanidine groups is 1. The zero-order valence-corrected chi connectivity index (χ0v) is 16.4. The van der Waals surface area contributed by atoms with Crippen LogP contribution in [0.25, 0.3) is 0 Å². The molecule has 2 fully saturated rings. The first-order valence-electron chi connectivity index (χ1n) is 10.1. The monoisotopic (exact) mass is 351 g/mol. The zero-order chi connectivity index (χ0) is 18.1. The van der Waals surface area contributed by atoms with Gasteiger partial charge in [0.1, 0.15) is 0 Å². The van der Waals surface area contributed by atoms with E-state index in [-0.39, 0.29) is 5.92 Å². The molecule has 0 spiro atoms. The summed E-state index contributed by atoms with van der Waals surface area (Å²) in [6, 6.07) is 0.314. The molecule has 0 radical (unpaired) electrons. The number of rotatable bonds is 8. The van der Waals surface area contributed by atoms with E-state index in [9.17, 15) is 4.79 Å². The van der Waals surface area contributed by atoms with E-state index in [0.29, 0.717) is 11.9 Å². The van der Waals surface area contributed by atoms with Gasteiger partial charge in [0.25, 0.3) is 0 Å². The lowest BCUT2D eigenvalue weighted by Gasteiger charge is -2.22. The van der Waals surface area contributed by atoms with Crippen LogP contribution in [0.2, 0.25) is 0 Å². The zero-order valence-electron chi connectivity index (χ0n) is 16.4. The maximum atomic E-state index is 12.5. The van der Waals surface area contributed by atoms with Crippen LogP contribution >= 0.6 is 0 Å². The molecule has 1 saturated heterocycles. The maximum absolute atomic E-state index is 12.5. The molecule has 1 saturated carbocycles. The third-order valence-electron chi connectivity index (χ3n) is 5.45. The Balaban J connectivity index is 1.67. The highest BCUT2D eigenvalue weighted by atomic mass is 16.2. The van der Waals surface area contributed by atoms with E-state index >= 15 is 0 Å². The highest BCUT2D eigenvalue weighted by Gasteiger charge is 2.32. The normalized spacial score (nSPS) is 22.0. The van der Waals surface area contributed by atoms with Crippen molar-refractivity contribution in [1.29, 1.82) is 0 Å². The smallest absolute Gasteiger partial charge is 0.225 e. The Kier molecular flexibility index (Phi) is 8.52. The lowest BCUT2D eigenvalue weighted by atomic mass is 10.1. The number of likely N-dealkylation sites (tertiary alicyclic amines) is 1. The van der Waals surface area contributed by atoms with Gasteiger partial charge in [-0.3, -0.25) is 9.79 Å². The summed E-state index contributed by atoms with van der Waals surface area (Å²) in [6.07, 6.45) is 8.10. The summed E-state index contributed by atoms with van der Waals surface area (Å²) in [7, 11) is 3.98. The summed E-state index contributed by atoms with van der Waals surface area (Å²) in [5, 5.41) is 6.88. The third kappa shape index (κ3) is 6.49. The molecule has 0 bridgehead atoms. The average Bonchev–Trinajstić information content (AvgIpc) is 3.30. The fraction of sp³-hybridized carbons (Fsp3) is 0.895. The molecule has 6 heteroatoms. The Morgan fingerprint density at radius 3 is 2.68 bits per heavy atom. The molecule has 2 aliphatic rings. The molecule has 6 nitrogen and oxygen atoms in total. The fourth-order valence-corrected chi connectivity index (χ4v) is 3.80. The van der Waals surface area contributed by atoms with Crippen LogP contribution in [0.5, 0.6) is 0 Å². The molecule has 1 amide bonds. The minimum Gasteiger partial charge on any atom is -0.355 e. The van der Waals surface area contributed by atoms with Crippen molar-refractivity contribution in [2.45, 2.75) is 57.9 Å². The van der Waals surface area contributed by atoms with Crippen LogP contribution in [0, 0.1) is 5.92 Å². The van der Waals surface area contributed by atoms with Gasteiger partial charge in [-0.15, -0.1) is 0 Å². The van der Waals surface area contributed by atoms with Crippen molar-refractivity contribution in [1.82, 2.24) is 20.4 Å². The van der Waals surface area contributed by atoms with Crippen LogP contribution in [0.3, 0.4) is 0 Å². The van der Waals surface area contributed by atoms with Crippen molar-refractivity contribution in [2.75, 3.05) is 46.8 Å². The maximum Gasteiger partial charge on any atom is 0.225 e. The first-order chi connectivity index (χ1) is 12.1. The molecule has 25 heavy (non-hydrogen) atoms. The number of likely N-dealkylation sites (N-methyl/N-ethyl adjacent to an activating group) is 1. The number of hydrogen-bond donors (Lipinski definition) is 2. The van der Waals surface area contributed by atoms with E-state index in [1.807, 2.05) is 7.05 Å². The Hall–Kier alpha value is -1.30. The van der Waals surface area contributed by atoms with Crippen LogP contribution in [0.4, 0.5) is 0 Å². The third-order valence-corrected chi connectivity index (χ3v) is 5.45. The van der Waals surface area contributed by atoms with Gasteiger partial charge in [-0.2, -0.15) is 0 Å². The van der Waals surface area contributed by atoms with Crippen molar-refractivity contribution >= 4 is 11.9 Å². The second kappa shape index (κ2) is 10.6. The van der Waals surface area contributed by atoms with Crippen LogP contribution in [0.15, 0.2) is 4.99 Å². The van der Waals surface area contributed by atoms with Crippen LogP contribution < -0.4 is 10.6 Å². The number of unbranched alkanes of at least 4 members (excludes halogenated alkanes) is 1. The minimum atomic E-state index is 0.287. The summed E-state index contributed by atoms with van der Waals surface area (Å²) in [6.45, 7) is 6.95. The van der Waals surface area contributed by atoms with Crippen molar-refractivity contribution in [3.63, 3.8) is 0 Å². The average molecular weight is 352 g/mol. The van der Waals surface area contributed by atoms with E-state index in [0.717, 1.165) is 57.9 Å². The Labute approximate surface area is 153 Å². The quantitative estimate of drug-likeness (QED) is 0.516. The van der Waals surface area contributed by atoms with E-state index < -0.39 is 0 Å². The molecule has 0 aromatic carbocycles. The van der Waals surface area contributed by atoms with Gasteiger partial charge >= 0.3 is 0 Å². The molecule has 1 aliphatic heterocycles. The van der Waals surface area contributed by atoms with Crippen molar-refractivity contribution in [2.24, 2.45) is 10.9 Å². The first kappa shape index (κ1) is 20.0. The van der Waals surface area contributed by atoms with Crippen molar-refractivity contribution in [3.8, 4) is 0 Å². The molecule has 1 heterocycles. The molecule has 1 aliphatic carbocycles. The molecule has 0 aromatic heterocycles. The van der Waals surface area contributed by atoms with Crippen LogP contribution in [0.1, 0.15) is 51.9 Å². The van der Waals surface area contributed by atoms with Gasteiger partial charge in [-0.1, -0.05) is 26.2 Å². The molecule has 2 N–H and O–H groups in total. The predicted octanol–water partition coefficient (Wildman–Crippen LogP) is 1.67. The van der Waals surface area contributed by atoms with E-state index in [2.05, 4.69) is 39.4 Å². The van der Waals surface area contributed by atoms with Gasteiger partial charge in [0.15, 0.2) is 5.96 Å². The van der Waals surface area contributed by atoms with Gasteiger partial charge in [0.2, 0.25) is 5.91 Å². The Bertz CT molecular complexity index is 434. The van der Waals surface area contributed by atoms with Gasteiger partial charge < -0.3 is 20.4 Å². The van der Waals surface area contributed by atoms with Crippen LogP contribution in [-0.4, -0.2) is 74.5 Å². The van der Waals surface area contributed by atoms with Gasteiger partial charge in [-0.05, 0) is 39.3 Å². The van der Waals surface area contributed by atoms with Crippen molar-refractivity contribution < 1.29 is 4.79 Å². The molecular weight excluding hydrogens is 314 g/mol. The van der Waals surface area contributed by atoms with E-state index in [1.165, 1.54) is 25.7 Å². The number of carbonyl (C=O) groups excluding carboxylic acids is 1. The molecule has 1 atom stereocenters. The standard InChI is InChI=1S/C19H37N5O/c1-4-5-12-23(3)14-11-21-19(20-2)22-17-10-13-24(15-17)18(25)16-8-6-7-9-16/h16-17H,4-15H2,1-3H3,(H2,20,21,22). The predicted molar refractivity (Wildman–Crippen MR) is 104 cm³/mol. The lowest BCUT2D eigenvalue weighted by molar-refractivity contribution is -0.134. The van der Waals surface area contributed by atoms with E-state index in [4.69, 9.17) is 0 Å².